The van der Waals surface area contributed by atoms with Crippen LogP contribution in [0.2, 0.25) is 0 Å². The first kappa shape index (κ1) is 26.0. The van der Waals surface area contributed by atoms with Gasteiger partial charge in [-0.25, -0.2) is 0 Å². The number of esters is 2. The number of carbonyl (C=O) groups is 2. The van der Waals surface area contributed by atoms with Gasteiger partial charge in [0.2, 0.25) is 0 Å². The summed E-state index contributed by atoms with van der Waals surface area (Å²) in [5.41, 5.74) is 0.994. The first-order chi connectivity index (χ1) is 15.4. The summed E-state index contributed by atoms with van der Waals surface area (Å²) in [5, 5.41) is 9.84. The predicted octanol–water partition coefficient (Wildman–Crippen LogP) is 5.73. The fraction of sp³-hybridized carbons (Fsp3) is 0.692. The zero-order chi connectivity index (χ0) is 23.3. The van der Waals surface area contributed by atoms with Crippen molar-refractivity contribution in [2.24, 2.45) is 5.92 Å². The van der Waals surface area contributed by atoms with Crippen LogP contribution in [0.1, 0.15) is 90.0 Å². The van der Waals surface area contributed by atoms with Crippen LogP contribution in [0.3, 0.4) is 0 Å². The molecule has 1 saturated carbocycles. The van der Waals surface area contributed by atoms with E-state index in [1.54, 1.807) is 12.1 Å². The number of ether oxygens (including phenoxy) is 3. The molecule has 1 aromatic rings. The Bertz CT molecular complexity index is 710. The van der Waals surface area contributed by atoms with E-state index in [-0.39, 0.29) is 35.8 Å². The van der Waals surface area contributed by atoms with Crippen molar-refractivity contribution in [3.8, 4) is 11.5 Å². The second-order valence-corrected chi connectivity index (χ2v) is 8.90. The molecular weight excluding hydrogens is 408 g/mol. The lowest BCUT2D eigenvalue weighted by Crippen LogP contribution is -2.30. The molecular formula is C26H40O6. The Kier molecular flexibility index (Phi) is 11.4. The van der Waals surface area contributed by atoms with Crippen molar-refractivity contribution in [2.45, 2.75) is 103 Å². The Morgan fingerprint density at radius 3 is 2.44 bits per heavy atom. The summed E-state index contributed by atoms with van der Waals surface area (Å²) in [4.78, 5) is 24.5. The highest BCUT2D eigenvalue weighted by Gasteiger charge is 2.27. The molecule has 1 fully saturated rings. The molecule has 1 aliphatic carbocycles. The summed E-state index contributed by atoms with van der Waals surface area (Å²) >= 11 is 0. The number of carbonyl (C=O) groups excluding carboxylic acids is 2. The maximum Gasteiger partial charge on any atom is 0.309 e. The Hall–Kier alpha value is -2.24. The molecule has 0 aliphatic heterocycles. The van der Waals surface area contributed by atoms with Gasteiger partial charge in [-0.1, -0.05) is 45.1 Å². The summed E-state index contributed by atoms with van der Waals surface area (Å²) in [6.45, 7) is 3.57. The third-order valence-corrected chi connectivity index (χ3v) is 6.21. The van der Waals surface area contributed by atoms with Gasteiger partial charge in [0, 0.05) is 13.3 Å². The number of phenols is 1. The Morgan fingerprint density at radius 1 is 1.06 bits per heavy atom. The van der Waals surface area contributed by atoms with E-state index in [1.165, 1.54) is 20.5 Å². The van der Waals surface area contributed by atoms with E-state index in [0.29, 0.717) is 25.0 Å². The lowest BCUT2D eigenvalue weighted by Gasteiger charge is -2.27. The second kappa shape index (κ2) is 14.0. The smallest absolute Gasteiger partial charge is 0.309 e. The highest BCUT2D eigenvalue weighted by Crippen LogP contribution is 2.29. The molecule has 32 heavy (non-hydrogen) atoms. The summed E-state index contributed by atoms with van der Waals surface area (Å²) in [6, 6.07) is 5.27. The van der Waals surface area contributed by atoms with E-state index in [0.717, 1.165) is 56.9 Å². The molecule has 0 radical (unpaired) electrons. The van der Waals surface area contributed by atoms with Gasteiger partial charge >= 0.3 is 11.9 Å². The molecule has 0 heterocycles. The van der Waals surface area contributed by atoms with Crippen LogP contribution in [0.15, 0.2) is 18.2 Å². The molecule has 6 heteroatoms. The van der Waals surface area contributed by atoms with Gasteiger partial charge in [-0.3, -0.25) is 9.59 Å². The standard InChI is InChI=1S/C26H40O6/c1-4-5-7-12-22(31-19(2)27)18-23(32-26(29)21-10-8-6-9-11-21)15-13-20-14-16-24(28)25(17-20)30-3/h14,16-17,21-23,28H,4-13,15,18H2,1-3H3. The van der Waals surface area contributed by atoms with Gasteiger partial charge in [-0.15, -0.1) is 0 Å². The molecule has 180 valence electrons. The molecule has 1 aromatic carbocycles. The molecule has 0 spiro atoms. The molecule has 2 unspecified atom stereocenters. The molecule has 0 bridgehead atoms. The van der Waals surface area contributed by atoms with E-state index in [2.05, 4.69) is 6.92 Å². The quantitative estimate of drug-likeness (QED) is 0.307. The normalized spacial score (nSPS) is 16.2. The number of unbranched alkanes of at least 4 members (excludes halogenated alkanes) is 2. The van der Waals surface area contributed by atoms with Crippen molar-refractivity contribution in [1.29, 1.82) is 0 Å². The van der Waals surface area contributed by atoms with E-state index < -0.39 is 0 Å². The van der Waals surface area contributed by atoms with Gasteiger partial charge in [0.25, 0.3) is 0 Å². The minimum Gasteiger partial charge on any atom is -0.504 e. The zero-order valence-corrected chi connectivity index (χ0v) is 19.9. The number of phenolic OH excluding ortho intramolecular Hbond substituents is 1. The summed E-state index contributed by atoms with van der Waals surface area (Å²) < 4.78 is 16.8. The molecule has 2 rings (SSSR count). The van der Waals surface area contributed by atoms with Crippen molar-refractivity contribution in [1.82, 2.24) is 0 Å². The van der Waals surface area contributed by atoms with Crippen molar-refractivity contribution in [2.75, 3.05) is 7.11 Å². The largest absolute Gasteiger partial charge is 0.504 e. The van der Waals surface area contributed by atoms with Crippen LogP contribution in [0, 0.1) is 5.92 Å². The van der Waals surface area contributed by atoms with Crippen molar-refractivity contribution < 1.29 is 28.9 Å². The van der Waals surface area contributed by atoms with Crippen molar-refractivity contribution >= 4 is 11.9 Å². The summed E-state index contributed by atoms with van der Waals surface area (Å²) in [5.74, 6) is 0.0884. The number of aryl methyl sites for hydroxylation is 1. The summed E-state index contributed by atoms with van der Waals surface area (Å²) in [7, 11) is 1.52. The van der Waals surface area contributed by atoms with Gasteiger partial charge in [-0.2, -0.15) is 0 Å². The number of hydrogen-bond donors (Lipinski definition) is 1. The SMILES string of the molecule is CCCCCC(CC(CCc1ccc(O)c(OC)c1)OC(=O)C1CCCCC1)OC(C)=O. The van der Waals surface area contributed by atoms with Crippen molar-refractivity contribution in [3.05, 3.63) is 23.8 Å². The monoisotopic (exact) mass is 448 g/mol. The van der Waals surface area contributed by atoms with Crippen molar-refractivity contribution in [3.63, 3.8) is 0 Å². The van der Waals surface area contributed by atoms with Crippen LogP contribution in [0.5, 0.6) is 11.5 Å². The third kappa shape index (κ3) is 9.09. The van der Waals surface area contributed by atoms with Gasteiger partial charge in [0.15, 0.2) is 11.5 Å². The first-order valence-electron chi connectivity index (χ1n) is 12.2. The fourth-order valence-electron chi connectivity index (χ4n) is 4.40. The van der Waals surface area contributed by atoms with Gasteiger partial charge < -0.3 is 19.3 Å². The molecule has 6 nitrogen and oxygen atoms in total. The predicted molar refractivity (Wildman–Crippen MR) is 124 cm³/mol. The Morgan fingerprint density at radius 2 is 1.78 bits per heavy atom. The third-order valence-electron chi connectivity index (χ3n) is 6.21. The van der Waals surface area contributed by atoms with Crippen LogP contribution >= 0.6 is 0 Å². The molecule has 0 amide bonds. The van der Waals surface area contributed by atoms with Crippen LogP contribution < -0.4 is 4.74 Å². The van der Waals surface area contributed by atoms with Crippen LogP contribution in [-0.2, 0) is 25.5 Å². The molecule has 0 aromatic heterocycles. The minimum atomic E-state index is -0.324. The fourth-order valence-corrected chi connectivity index (χ4v) is 4.40. The topological polar surface area (TPSA) is 82.1 Å². The number of aromatic hydroxyl groups is 1. The van der Waals surface area contributed by atoms with E-state index >= 15 is 0 Å². The maximum absolute atomic E-state index is 12.8. The minimum absolute atomic E-state index is 0.0210. The van der Waals surface area contributed by atoms with Crippen LogP contribution in [0.25, 0.3) is 0 Å². The number of benzene rings is 1. The summed E-state index contributed by atoms with van der Waals surface area (Å²) in [6.07, 6.45) is 10.3. The Balaban J connectivity index is 2.07. The van der Waals surface area contributed by atoms with Gasteiger partial charge in [0.1, 0.15) is 12.2 Å². The van der Waals surface area contributed by atoms with E-state index in [1.807, 2.05) is 6.07 Å². The van der Waals surface area contributed by atoms with Gasteiger partial charge in [-0.05, 0) is 56.2 Å². The first-order valence-corrected chi connectivity index (χ1v) is 12.2. The highest BCUT2D eigenvalue weighted by molar-refractivity contribution is 5.72. The zero-order valence-electron chi connectivity index (χ0n) is 19.9. The highest BCUT2D eigenvalue weighted by atomic mass is 16.6. The average molecular weight is 449 g/mol. The van der Waals surface area contributed by atoms with Crippen LogP contribution in [0.4, 0.5) is 0 Å². The number of rotatable bonds is 13. The lowest BCUT2D eigenvalue weighted by atomic mass is 9.89. The molecule has 1 aliphatic rings. The average Bonchev–Trinajstić information content (AvgIpc) is 2.78. The second-order valence-electron chi connectivity index (χ2n) is 8.90. The van der Waals surface area contributed by atoms with E-state index in [4.69, 9.17) is 14.2 Å². The molecule has 2 atom stereocenters. The van der Waals surface area contributed by atoms with Crippen LogP contribution in [-0.4, -0.2) is 36.4 Å². The van der Waals surface area contributed by atoms with Gasteiger partial charge in [0.05, 0.1) is 13.0 Å². The lowest BCUT2D eigenvalue weighted by molar-refractivity contribution is -0.159. The van der Waals surface area contributed by atoms with E-state index in [9.17, 15) is 14.7 Å². The maximum atomic E-state index is 12.8. The number of methoxy groups -OCH3 is 1. The molecule has 0 saturated heterocycles. The Labute approximate surface area is 192 Å². The molecule has 1 N–H and O–H groups in total. The number of hydrogen-bond acceptors (Lipinski definition) is 6.